The SMILES string of the molecule is CCCCCNC(CC(=O)Nc1ccccc1[N+](=O)[O-])C(=O)O. The number of carboxylic acids is 1. The summed E-state index contributed by atoms with van der Waals surface area (Å²) in [5, 5.41) is 25.2. The maximum atomic E-state index is 12.0. The fourth-order valence-corrected chi connectivity index (χ4v) is 2.02. The molecule has 1 rings (SSSR count). The van der Waals surface area contributed by atoms with E-state index in [0.29, 0.717) is 6.54 Å². The number of hydrogen-bond donors (Lipinski definition) is 3. The van der Waals surface area contributed by atoms with Gasteiger partial charge in [-0.3, -0.25) is 19.7 Å². The van der Waals surface area contributed by atoms with Gasteiger partial charge in [0.05, 0.1) is 11.3 Å². The third kappa shape index (κ3) is 6.43. The minimum Gasteiger partial charge on any atom is -0.480 e. The number of anilines is 1. The Bertz CT molecular complexity index is 562. The predicted octanol–water partition coefficient (Wildman–Crippen LogP) is 2.16. The van der Waals surface area contributed by atoms with E-state index in [4.69, 9.17) is 5.11 Å². The second-order valence-electron chi connectivity index (χ2n) is 5.08. The van der Waals surface area contributed by atoms with Gasteiger partial charge in [-0.25, -0.2) is 0 Å². The van der Waals surface area contributed by atoms with Crippen molar-refractivity contribution < 1.29 is 19.6 Å². The van der Waals surface area contributed by atoms with Crippen LogP contribution in [0, 0.1) is 10.1 Å². The first-order valence-corrected chi connectivity index (χ1v) is 7.45. The summed E-state index contributed by atoms with van der Waals surface area (Å²) < 4.78 is 0. The number of rotatable bonds is 10. The molecular weight excluding hydrogens is 302 g/mol. The van der Waals surface area contributed by atoms with Gasteiger partial charge in [0.2, 0.25) is 5.91 Å². The van der Waals surface area contributed by atoms with Gasteiger partial charge in [0.25, 0.3) is 5.69 Å². The summed E-state index contributed by atoms with van der Waals surface area (Å²) >= 11 is 0. The highest BCUT2D eigenvalue weighted by molar-refractivity contribution is 5.95. The quantitative estimate of drug-likeness (QED) is 0.344. The first-order chi connectivity index (χ1) is 11.0. The van der Waals surface area contributed by atoms with Crippen LogP contribution >= 0.6 is 0 Å². The van der Waals surface area contributed by atoms with E-state index in [-0.39, 0.29) is 17.8 Å². The van der Waals surface area contributed by atoms with E-state index in [0.717, 1.165) is 19.3 Å². The highest BCUT2D eigenvalue weighted by Crippen LogP contribution is 2.23. The summed E-state index contributed by atoms with van der Waals surface area (Å²) in [6, 6.07) is 4.70. The molecule has 0 saturated heterocycles. The van der Waals surface area contributed by atoms with Gasteiger partial charge in [-0.15, -0.1) is 0 Å². The lowest BCUT2D eigenvalue weighted by Crippen LogP contribution is -2.40. The molecule has 8 nitrogen and oxygen atoms in total. The molecule has 0 heterocycles. The number of hydrogen-bond acceptors (Lipinski definition) is 5. The fraction of sp³-hybridized carbons (Fsp3) is 0.467. The second-order valence-corrected chi connectivity index (χ2v) is 5.08. The summed E-state index contributed by atoms with van der Waals surface area (Å²) in [4.78, 5) is 33.4. The maximum absolute atomic E-state index is 12.0. The monoisotopic (exact) mass is 323 g/mol. The Morgan fingerprint density at radius 1 is 1.30 bits per heavy atom. The van der Waals surface area contributed by atoms with Gasteiger partial charge in [0.15, 0.2) is 0 Å². The Balaban J connectivity index is 2.62. The highest BCUT2D eigenvalue weighted by atomic mass is 16.6. The molecule has 0 aliphatic heterocycles. The predicted molar refractivity (Wildman–Crippen MR) is 85.3 cm³/mol. The molecule has 8 heteroatoms. The summed E-state index contributed by atoms with van der Waals surface area (Å²) in [5.41, 5.74) is -0.179. The van der Waals surface area contributed by atoms with E-state index >= 15 is 0 Å². The van der Waals surface area contributed by atoms with Crippen molar-refractivity contribution in [3.05, 3.63) is 34.4 Å². The van der Waals surface area contributed by atoms with Gasteiger partial charge in [0.1, 0.15) is 11.7 Å². The molecule has 1 aromatic carbocycles. The van der Waals surface area contributed by atoms with Crippen molar-refractivity contribution in [3.8, 4) is 0 Å². The van der Waals surface area contributed by atoms with Gasteiger partial charge in [-0.05, 0) is 19.0 Å². The minimum atomic E-state index is -1.13. The maximum Gasteiger partial charge on any atom is 0.321 e. The van der Waals surface area contributed by atoms with Gasteiger partial charge < -0.3 is 15.7 Å². The van der Waals surface area contributed by atoms with Crippen LogP contribution in [0.4, 0.5) is 11.4 Å². The van der Waals surface area contributed by atoms with Crippen LogP contribution in [-0.2, 0) is 9.59 Å². The number of carbonyl (C=O) groups excluding carboxylic acids is 1. The van der Waals surface area contributed by atoms with E-state index in [9.17, 15) is 19.7 Å². The Hall–Kier alpha value is -2.48. The average molecular weight is 323 g/mol. The molecule has 0 spiro atoms. The summed E-state index contributed by atoms with van der Waals surface area (Å²) in [6.45, 7) is 2.54. The van der Waals surface area contributed by atoms with Crippen molar-refractivity contribution in [2.45, 2.75) is 38.6 Å². The van der Waals surface area contributed by atoms with E-state index in [2.05, 4.69) is 10.6 Å². The molecule has 1 amide bonds. The van der Waals surface area contributed by atoms with Crippen LogP contribution in [0.2, 0.25) is 0 Å². The number of para-hydroxylation sites is 2. The molecule has 3 N–H and O–H groups in total. The Kier molecular flexibility index (Phi) is 7.69. The molecule has 0 aliphatic rings. The third-order valence-corrected chi connectivity index (χ3v) is 3.23. The molecule has 1 unspecified atom stereocenters. The molecule has 1 aromatic rings. The molecule has 0 saturated carbocycles. The standard InChI is InChI=1S/C15H21N3O5/c1-2-3-6-9-16-12(15(20)21)10-14(19)17-11-7-4-5-8-13(11)18(22)23/h4-5,7-8,12,16H,2-3,6,9-10H2,1H3,(H,17,19)(H,20,21). The van der Waals surface area contributed by atoms with Gasteiger partial charge in [-0.2, -0.15) is 0 Å². The van der Waals surface area contributed by atoms with Crippen molar-refractivity contribution in [1.29, 1.82) is 0 Å². The number of aliphatic carboxylic acids is 1. The normalized spacial score (nSPS) is 11.7. The Morgan fingerprint density at radius 3 is 2.61 bits per heavy atom. The van der Waals surface area contributed by atoms with Crippen LogP contribution in [0.15, 0.2) is 24.3 Å². The van der Waals surface area contributed by atoms with Crippen molar-refractivity contribution >= 4 is 23.3 Å². The van der Waals surface area contributed by atoms with Crippen molar-refractivity contribution in [2.24, 2.45) is 0 Å². The number of carboxylic acid groups (broad SMARTS) is 1. The number of amides is 1. The van der Waals surface area contributed by atoms with Gasteiger partial charge in [-0.1, -0.05) is 31.9 Å². The molecule has 0 aromatic heterocycles. The van der Waals surface area contributed by atoms with Crippen LogP contribution in [0.5, 0.6) is 0 Å². The molecule has 0 bridgehead atoms. The molecular formula is C15H21N3O5. The number of nitro groups is 1. The van der Waals surface area contributed by atoms with E-state index < -0.39 is 22.8 Å². The average Bonchev–Trinajstić information content (AvgIpc) is 2.50. The van der Waals surface area contributed by atoms with Crippen LogP contribution in [0.3, 0.4) is 0 Å². The summed E-state index contributed by atoms with van der Waals surface area (Å²) in [7, 11) is 0. The Morgan fingerprint density at radius 2 is 2.00 bits per heavy atom. The number of benzene rings is 1. The molecule has 0 radical (unpaired) electrons. The summed E-state index contributed by atoms with van der Waals surface area (Å²) in [6.07, 6.45) is 2.51. The van der Waals surface area contributed by atoms with Crippen LogP contribution in [0.1, 0.15) is 32.6 Å². The summed E-state index contributed by atoms with van der Waals surface area (Å²) in [5.74, 6) is -1.71. The smallest absolute Gasteiger partial charge is 0.321 e. The zero-order valence-corrected chi connectivity index (χ0v) is 12.9. The van der Waals surface area contributed by atoms with Crippen LogP contribution in [0.25, 0.3) is 0 Å². The van der Waals surface area contributed by atoms with Crippen molar-refractivity contribution in [1.82, 2.24) is 5.32 Å². The number of nitrogens with one attached hydrogen (secondary N) is 2. The molecule has 0 fully saturated rings. The first kappa shape index (κ1) is 18.6. The molecule has 1 atom stereocenters. The largest absolute Gasteiger partial charge is 0.480 e. The van der Waals surface area contributed by atoms with E-state index in [1.165, 1.54) is 18.2 Å². The van der Waals surface area contributed by atoms with Gasteiger partial charge >= 0.3 is 5.97 Å². The number of nitrogens with zero attached hydrogens (tertiary/aromatic N) is 1. The van der Waals surface area contributed by atoms with Gasteiger partial charge in [0, 0.05) is 6.07 Å². The van der Waals surface area contributed by atoms with E-state index in [1.54, 1.807) is 6.07 Å². The number of unbranched alkanes of at least 4 members (excludes halogenated alkanes) is 2. The van der Waals surface area contributed by atoms with E-state index in [1.807, 2.05) is 6.92 Å². The first-order valence-electron chi connectivity index (χ1n) is 7.45. The van der Waals surface area contributed by atoms with Crippen molar-refractivity contribution in [2.75, 3.05) is 11.9 Å². The molecule has 126 valence electrons. The lowest BCUT2D eigenvalue weighted by atomic mass is 10.1. The van der Waals surface area contributed by atoms with Crippen molar-refractivity contribution in [3.63, 3.8) is 0 Å². The highest BCUT2D eigenvalue weighted by Gasteiger charge is 2.22. The Labute approximate surface area is 134 Å². The third-order valence-electron chi connectivity index (χ3n) is 3.23. The second kappa shape index (κ2) is 9.52. The fourth-order valence-electron chi connectivity index (χ4n) is 2.02. The topological polar surface area (TPSA) is 122 Å². The molecule has 23 heavy (non-hydrogen) atoms. The molecule has 0 aliphatic carbocycles. The zero-order valence-electron chi connectivity index (χ0n) is 12.9. The lowest BCUT2D eigenvalue weighted by molar-refractivity contribution is -0.383. The van der Waals surface area contributed by atoms with Crippen LogP contribution in [-0.4, -0.2) is 34.5 Å². The zero-order chi connectivity index (χ0) is 17.2. The number of carbonyl (C=O) groups is 2. The lowest BCUT2D eigenvalue weighted by Gasteiger charge is -2.14. The van der Waals surface area contributed by atoms with Crippen LogP contribution < -0.4 is 10.6 Å². The minimum absolute atomic E-state index is 0.0534. The number of nitro benzene ring substituents is 1.